The maximum Gasteiger partial charge on any atom is 0.457 e. The minimum Gasteiger partial charge on any atom is -0.480 e. The Kier molecular flexibility index (Phi) is 4.06. The second-order valence-electron chi connectivity index (χ2n) is 9.92. The molecular weight excluding hydrogens is 317 g/mol. The van der Waals surface area contributed by atoms with Crippen LogP contribution in [0, 0.1) is 22.7 Å². The van der Waals surface area contributed by atoms with Crippen molar-refractivity contribution in [2.75, 3.05) is 6.54 Å². The molecule has 5 fully saturated rings. The van der Waals surface area contributed by atoms with E-state index < -0.39 is 12.0 Å². The van der Waals surface area contributed by atoms with Crippen LogP contribution in [0.15, 0.2) is 0 Å². The van der Waals surface area contributed by atoms with Crippen molar-refractivity contribution in [3.63, 3.8) is 0 Å². The number of hydrogen-bond donors (Lipinski definition) is 2. The second-order valence-corrected chi connectivity index (χ2v) is 9.92. The van der Waals surface area contributed by atoms with E-state index in [1.54, 1.807) is 0 Å². The molecule has 2 aliphatic heterocycles. The van der Waals surface area contributed by atoms with Crippen LogP contribution in [0.4, 0.5) is 0 Å². The first-order valence-electron chi connectivity index (χ1n) is 9.96. The summed E-state index contributed by atoms with van der Waals surface area (Å²) in [5, 5.41) is 12.5. The lowest BCUT2D eigenvalue weighted by Crippen LogP contribution is -2.65. The minimum absolute atomic E-state index is 0.119. The molecule has 2 heterocycles. The van der Waals surface area contributed by atoms with Crippen LogP contribution in [0.3, 0.4) is 0 Å². The molecule has 0 spiro atoms. The van der Waals surface area contributed by atoms with Crippen LogP contribution in [0.2, 0.25) is 6.32 Å². The van der Waals surface area contributed by atoms with E-state index >= 15 is 0 Å². The van der Waals surface area contributed by atoms with Crippen molar-refractivity contribution in [1.82, 2.24) is 5.32 Å². The van der Waals surface area contributed by atoms with Crippen molar-refractivity contribution in [3.8, 4) is 0 Å². The molecule has 5 nitrogen and oxygen atoms in total. The van der Waals surface area contributed by atoms with Crippen LogP contribution >= 0.6 is 0 Å². The smallest absolute Gasteiger partial charge is 0.457 e. The summed E-state index contributed by atoms with van der Waals surface area (Å²) < 4.78 is 12.7. The molecule has 0 amide bonds. The fourth-order valence-electron chi connectivity index (χ4n) is 6.30. The van der Waals surface area contributed by atoms with Crippen LogP contribution in [-0.2, 0) is 14.1 Å². The van der Waals surface area contributed by atoms with E-state index in [0.717, 1.165) is 44.5 Å². The van der Waals surface area contributed by atoms with E-state index in [2.05, 4.69) is 33.0 Å². The van der Waals surface area contributed by atoms with Gasteiger partial charge in [-0.1, -0.05) is 27.2 Å². The lowest BCUT2D eigenvalue weighted by Gasteiger charge is -2.64. The van der Waals surface area contributed by atoms with Gasteiger partial charge in [-0.2, -0.15) is 0 Å². The average molecular weight is 349 g/mol. The standard InChI is InChI=1S/C19H32BNO4/c1-17(2)12-10-13(17)19(4)14(11-12)24-20(25-19)8-5-6-18(3)7-9-21-15(18)16(22)23/h12-15,21H,5-11H2,1-4H3,(H,22,23)/t12-,13-,14+,15-,18-,19-/m1/s1. The molecule has 0 aromatic carbocycles. The summed E-state index contributed by atoms with van der Waals surface area (Å²) in [6, 6.07) is -0.425. The van der Waals surface area contributed by atoms with Gasteiger partial charge in [0.15, 0.2) is 0 Å². The molecule has 0 aromatic heterocycles. The molecule has 2 N–H and O–H groups in total. The SMILES string of the molecule is CC1(C)[C@H]2C[C@@H]3OB(CCC[C@]4(C)CCN[C@@H]4C(=O)O)O[C@]3(C)[C@@H]1C2. The Morgan fingerprint density at radius 2 is 2.04 bits per heavy atom. The van der Waals surface area contributed by atoms with Crippen molar-refractivity contribution < 1.29 is 19.2 Å². The van der Waals surface area contributed by atoms with Gasteiger partial charge in [0.25, 0.3) is 0 Å². The highest BCUT2D eigenvalue weighted by molar-refractivity contribution is 6.45. The highest BCUT2D eigenvalue weighted by Gasteiger charge is 2.67. The number of carbonyl (C=O) groups is 1. The summed E-state index contributed by atoms with van der Waals surface area (Å²) in [6.45, 7) is 9.90. The Balaban J connectivity index is 1.33. The number of rotatable bonds is 5. The first-order chi connectivity index (χ1) is 11.7. The quantitative estimate of drug-likeness (QED) is 0.747. The summed E-state index contributed by atoms with van der Waals surface area (Å²) >= 11 is 0. The van der Waals surface area contributed by atoms with Crippen molar-refractivity contribution in [1.29, 1.82) is 0 Å². The van der Waals surface area contributed by atoms with E-state index in [0.29, 0.717) is 11.3 Å². The predicted molar refractivity (Wildman–Crippen MR) is 96.3 cm³/mol. The van der Waals surface area contributed by atoms with Gasteiger partial charge >= 0.3 is 13.1 Å². The van der Waals surface area contributed by atoms with Crippen molar-refractivity contribution in [2.24, 2.45) is 22.7 Å². The second kappa shape index (κ2) is 5.70. The first-order valence-corrected chi connectivity index (χ1v) is 9.96. The molecule has 6 heteroatoms. The van der Waals surface area contributed by atoms with E-state index in [1.807, 2.05) is 0 Å². The molecule has 5 rings (SSSR count). The largest absolute Gasteiger partial charge is 0.480 e. The maximum atomic E-state index is 11.4. The summed E-state index contributed by atoms with van der Waals surface area (Å²) in [5.74, 6) is 0.647. The van der Waals surface area contributed by atoms with Crippen LogP contribution < -0.4 is 5.32 Å². The summed E-state index contributed by atoms with van der Waals surface area (Å²) in [7, 11) is -0.119. The topological polar surface area (TPSA) is 67.8 Å². The number of carboxylic acid groups (broad SMARTS) is 1. The fourth-order valence-corrected chi connectivity index (χ4v) is 6.30. The van der Waals surface area contributed by atoms with Crippen molar-refractivity contribution >= 4 is 13.1 Å². The Morgan fingerprint density at radius 3 is 2.72 bits per heavy atom. The Morgan fingerprint density at radius 1 is 1.28 bits per heavy atom. The average Bonchev–Trinajstić information content (AvgIpc) is 3.06. The molecule has 2 saturated heterocycles. The zero-order chi connectivity index (χ0) is 18.0. The van der Waals surface area contributed by atoms with Gasteiger partial charge in [0, 0.05) is 0 Å². The molecule has 0 aromatic rings. The first kappa shape index (κ1) is 17.8. The van der Waals surface area contributed by atoms with Crippen LogP contribution in [0.5, 0.6) is 0 Å². The van der Waals surface area contributed by atoms with Gasteiger partial charge in [-0.25, -0.2) is 0 Å². The van der Waals surface area contributed by atoms with Gasteiger partial charge in [0.1, 0.15) is 6.04 Å². The lowest BCUT2D eigenvalue weighted by atomic mass is 9.43. The molecule has 3 saturated carbocycles. The van der Waals surface area contributed by atoms with Gasteiger partial charge in [-0.3, -0.25) is 4.79 Å². The van der Waals surface area contributed by atoms with Crippen LogP contribution in [-0.4, -0.2) is 42.5 Å². The number of aliphatic carboxylic acids is 1. The monoisotopic (exact) mass is 349 g/mol. The van der Waals surface area contributed by atoms with Gasteiger partial charge in [0.2, 0.25) is 0 Å². The molecule has 0 unspecified atom stereocenters. The highest BCUT2D eigenvalue weighted by Crippen LogP contribution is 2.65. The van der Waals surface area contributed by atoms with Gasteiger partial charge in [-0.05, 0) is 68.1 Å². The molecule has 6 atom stereocenters. The normalized spacial score (nSPS) is 47.4. The van der Waals surface area contributed by atoms with E-state index in [9.17, 15) is 9.90 Å². The van der Waals surface area contributed by atoms with E-state index in [1.165, 1.54) is 6.42 Å². The molecule has 5 aliphatic rings. The summed E-state index contributed by atoms with van der Waals surface area (Å²) in [5.41, 5.74) is 0.0806. The van der Waals surface area contributed by atoms with Crippen molar-refractivity contribution in [2.45, 2.75) is 83.9 Å². The Labute approximate surface area is 151 Å². The van der Waals surface area contributed by atoms with Crippen molar-refractivity contribution in [3.05, 3.63) is 0 Å². The van der Waals surface area contributed by atoms with Gasteiger partial charge < -0.3 is 19.7 Å². The van der Waals surface area contributed by atoms with Gasteiger partial charge in [0.05, 0.1) is 11.7 Å². The maximum absolute atomic E-state index is 11.4. The van der Waals surface area contributed by atoms with Crippen LogP contribution in [0.1, 0.15) is 59.8 Å². The zero-order valence-electron chi connectivity index (χ0n) is 16.0. The number of carboxylic acids is 1. The molecule has 3 aliphatic carbocycles. The third-order valence-electron chi connectivity index (χ3n) is 8.18. The van der Waals surface area contributed by atoms with E-state index in [4.69, 9.17) is 9.31 Å². The zero-order valence-corrected chi connectivity index (χ0v) is 16.0. The van der Waals surface area contributed by atoms with Gasteiger partial charge in [-0.15, -0.1) is 0 Å². The molecular formula is C19H32BNO4. The Bertz CT molecular complexity index is 570. The molecule has 25 heavy (non-hydrogen) atoms. The van der Waals surface area contributed by atoms with E-state index in [-0.39, 0.29) is 24.2 Å². The third kappa shape index (κ3) is 2.59. The highest BCUT2D eigenvalue weighted by atomic mass is 16.7. The summed E-state index contributed by atoms with van der Waals surface area (Å²) in [4.78, 5) is 11.4. The Hall–Kier alpha value is -0.585. The summed E-state index contributed by atoms with van der Waals surface area (Å²) in [6.07, 6.45) is 6.29. The predicted octanol–water partition coefficient (Wildman–Crippen LogP) is 2.95. The third-order valence-corrected chi connectivity index (χ3v) is 8.18. The lowest BCUT2D eigenvalue weighted by molar-refractivity contribution is -0.199. The number of hydrogen-bond acceptors (Lipinski definition) is 4. The minimum atomic E-state index is -0.728. The molecule has 140 valence electrons. The van der Waals surface area contributed by atoms with Crippen LogP contribution in [0.25, 0.3) is 0 Å². The molecule has 0 radical (unpaired) electrons. The molecule has 2 bridgehead atoms. The fraction of sp³-hybridized carbons (Fsp3) is 0.947. The number of nitrogens with one attached hydrogen (secondary N) is 1.